The van der Waals surface area contributed by atoms with Crippen molar-refractivity contribution < 1.29 is 19.5 Å². The minimum atomic E-state index is -0.963. The predicted octanol–water partition coefficient (Wildman–Crippen LogP) is 9.77. The molecular weight excluding hydrogens is 669 g/mol. The van der Waals surface area contributed by atoms with Gasteiger partial charge in [-0.15, -0.1) is 11.6 Å². The fraction of sp³-hybridized carbons (Fsp3) is 0.463. The van der Waals surface area contributed by atoms with Gasteiger partial charge in [0.2, 0.25) is 0 Å². The zero-order chi connectivity index (χ0) is 36.3. The second-order valence-electron chi connectivity index (χ2n) is 13.8. The number of hydrogen-bond donors (Lipinski definition) is 2. The fourth-order valence-corrected chi connectivity index (χ4v) is 7.28. The molecule has 1 atom stereocenters. The molecule has 1 saturated carbocycles. The van der Waals surface area contributed by atoms with Crippen molar-refractivity contribution in [1.29, 1.82) is 0 Å². The molecule has 7 nitrogen and oxygen atoms in total. The molecule has 9 heteroatoms. The molecule has 0 unspecified atom stereocenters. The Morgan fingerprint density at radius 3 is 2.42 bits per heavy atom. The van der Waals surface area contributed by atoms with Crippen molar-refractivity contribution in [3.63, 3.8) is 0 Å². The molecule has 2 amide bonds. The molecule has 2 aliphatic carbocycles. The number of aliphatic carboxylic acids is 1. The van der Waals surface area contributed by atoms with E-state index < -0.39 is 11.6 Å². The van der Waals surface area contributed by atoms with E-state index in [1.807, 2.05) is 56.4 Å². The molecule has 2 N–H and O–H groups in total. The summed E-state index contributed by atoms with van der Waals surface area (Å²) < 4.78 is 0. The Morgan fingerprint density at radius 1 is 1.06 bits per heavy atom. The fourth-order valence-electron chi connectivity index (χ4n) is 6.85. The normalized spacial score (nSPS) is 22.3. The maximum absolute atomic E-state index is 14.6. The number of allylic oxidation sites excluding steroid dienone is 11. The molecule has 4 rings (SSSR count). The Hall–Kier alpha value is -3.68. The van der Waals surface area contributed by atoms with Gasteiger partial charge < -0.3 is 15.3 Å². The van der Waals surface area contributed by atoms with Crippen LogP contribution < -0.4 is 5.32 Å². The Morgan fingerprint density at radius 2 is 1.78 bits per heavy atom. The molecule has 1 aromatic rings. The van der Waals surface area contributed by atoms with Gasteiger partial charge in [0.15, 0.2) is 0 Å². The van der Waals surface area contributed by atoms with Gasteiger partial charge in [-0.3, -0.25) is 19.4 Å². The summed E-state index contributed by atoms with van der Waals surface area (Å²) in [6.07, 6.45) is 22.0. The van der Waals surface area contributed by atoms with Gasteiger partial charge in [0.1, 0.15) is 11.4 Å². The van der Waals surface area contributed by atoms with Crippen molar-refractivity contribution in [2.75, 3.05) is 12.4 Å². The van der Waals surface area contributed by atoms with Gasteiger partial charge in [-0.25, -0.2) is 0 Å². The van der Waals surface area contributed by atoms with E-state index in [9.17, 15) is 14.4 Å². The Balaban J connectivity index is 1.69. The molecule has 0 aromatic heterocycles. The number of aliphatic imine (C=N–C) groups is 1. The summed E-state index contributed by atoms with van der Waals surface area (Å²) in [4.78, 5) is 45.6. The minimum absolute atomic E-state index is 0.0586. The summed E-state index contributed by atoms with van der Waals surface area (Å²) >= 11 is 12.7. The number of carboxylic acid groups (broad SMARTS) is 1. The number of rotatable bonds is 14. The minimum Gasteiger partial charge on any atom is -0.481 e. The summed E-state index contributed by atoms with van der Waals surface area (Å²) in [7, 11) is 0. The van der Waals surface area contributed by atoms with Gasteiger partial charge in [0, 0.05) is 23.0 Å². The van der Waals surface area contributed by atoms with Gasteiger partial charge in [0.05, 0.1) is 12.5 Å². The van der Waals surface area contributed by atoms with Gasteiger partial charge in [-0.2, -0.15) is 0 Å². The first kappa shape index (κ1) is 39.1. The molecule has 1 aliphatic heterocycles. The number of halogens is 2. The molecule has 3 aliphatic rings. The summed E-state index contributed by atoms with van der Waals surface area (Å²) in [5.41, 5.74) is 5.30. The third-order valence-electron chi connectivity index (χ3n) is 9.61. The van der Waals surface area contributed by atoms with Crippen molar-refractivity contribution in [3.05, 3.63) is 105 Å². The van der Waals surface area contributed by atoms with Crippen molar-refractivity contribution in [2.24, 2.45) is 10.9 Å². The van der Waals surface area contributed by atoms with E-state index >= 15 is 0 Å². The second kappa shape index (κ2) is 18.5. The van der Waals surface area contributed by atoms with Crippen LogP contribution in [-0.4, -0.2) is 51.6 Å². The predicted molar refractivity (Wildman–Crippen MR) is 205 cm³/mol. The van der Waals surface area contributed by atoms with Crippen molar-refractivity contribution >= 4 is 46.7 Å². The summed E-state index contributed by atoms with van der Waals surface area (Å²) in [5.74, 6) is -0.442. The Kier molecular flexibility index (Phi) is 14.5. The van der Waals surface area contributed by atoms with Crippen LogP contribution in [0.15, 0.2) is 99.1 Å². The smallest absolute Gasteiger partial charge is 0.305 e. The molecule has 1 spiro atoms. The first-order chi connectivity index (χ1) is 24.0. The number of amides is 2. The van der Waals surface area contributed by atoms with Gasteiger partial charge >= 0.3 is 5.97 Å². The molecular formula is C41H51Cl2N3O4. The quantitative estimate of drug-likeness (QED) is 0.114. The molecule has 0 bridgehead atoms. The summed E-state index contributed by atoms with van der Waals surface area (Å²) in [6, 6.07) is 7.17. The molecule has 1 heterocycles. The third kappa shape index (κ3) is 10.2. The first-order valence-corrected chi connectivity index (χ1v) is 18.7. The molecule has 1 aromatic carbocycles. The van der Waals surface area contributed by atoms with Crippen molar-refractivity contribution in [3.8, 4) is 0 Å². The molecule has 1 fully saturated rings. The van der Waals surface area contributed by atoms with E-state index in [0.29, 0.717) is 34.5 Å². The molecule has 268 valence electrons. The zero-order valence-corrected chi connectivity index (χ0v) is 31.3. The Labute approximate surface area is 307 Å². The zero-order valence-electron chi connectivity index (χ0n) is 29.8. The third-order valence-corrected chi connectivity index (χ3v) is 10.2. The number of nitrogens with one attached hydrogen (secondary N) is 1. The van der Waals surface area contributed by atoms with Crippen molar-refractivity contribution in [1.82, 2.24) is 10.2 Å². The number of carboxylic acids is 1. The van der Waals surface area contributed by atoms with Gasteiger partial charge in [-0.1, -0.05) is 86.0 Å². The number of nitrogens with zero attached hydrogens (tertiary/aromatic N) is 2. The maximum Gasteiger partial charge on any atom is 0.305 e. The van der Waals surface area contributed by atoms with E-state index in [-0.39, 0.29) is 30.8 Å². The van der Waals surface area contributed by atoms with E-state index in [1.54, 1.807) is 12.1 Å². The average molecular weight is 721 g/mol. The number of carbonyl (C=O) groups excluding carboxylic acids is 2. The average Bonchev–Trinajstić information content (AvgIpc) is 3.35. The maximum atomic E-state index is 14.6. The highest BCUT2D eigenvalue weighted by atomic mass is 35.5. The number of hydrogen-bond acceptors (Lipinski definition) is 4. The van der Waals surface area contributed by atoms with Crippen LogP contribution in [0.3, 0.4) is 0 Å². The van der Waals surface area contributed by atoms with E-state index in [4.69, 9.17) is 33.3 Å². The van der Waals surface area contributed by atoms with Gasteiger partial charge in [0.25, 0.3) is 11.8 Å². The number of benzene rings is 1. The SMILES string of the molecule is C\C=C/C(=C\C=C(/C)C1=NC2(CCCCC2)N([C@H](CCC(C)C)c2ccc(C(=O)NCCC(=O)O)cc2)C1=O)C1=C/C(Cl)=C\C/C(CCl)=C\C\1. The largest absolute Gasteiger partial charge is 0.481 e. The monoisotopic (exact) mass is 719 g/mol. The van der Waals surface area contributed by atoms with Crippen molar-refractivity contribution in [2.45, 2.75) is 104 Å². The van der Waals surface area contributed by atoms with E-state index in [2.05, 4.69) is 36.2 Å². The van der Waals surface area contributed by atoms with Crippen LogP contribution in [0.25, 0.3) is 0 Å². The van der Waals surface area contributed by atoms with Crippen LogP contribution in [0.5, 0.6) is 0 Å². The lowest BCUT2D eigenvalue weighted by Gasteiger charge is -2.44. The topological polar surface area (TPSA) is 99.1 Å². The van der Waals surface area contributed by atoms with Crippen LogP contribution in [-0.2, 0) is 9.59 Å². The standard InChI is InChI=1S/C41H51Cl2N3O4/c1-5-9-31(34-15-12-30(27-42)13-20-35(43)26-34)14-11-29(4)38-40(50)46(41(45-38)23-7-6-8-24-41)36(21-10-28(2)3)32-16-18-33(19-17-32)39(49)44-25-22-37(47)48/h5,9,11-12,14,16-20,26,28,36H,6-8,10,13,15,21-25,27H2,1-4H3,(H,44,49)(H,47,48)/b9-5-,29-11+,30-12+,31-14+,34-26+,35-20+/t36-/m1/s1. The van der Waals surface area contributed by atoms with Gasteiger partial charge in [-0.05, 0) is 112 Å². The van der Waals surface area contributed by atoms with Crippen LogP contribution in [0.1, 0.15) is 114 Å². The number of alkyl halides is 1. The second-order valence-corrected chi connectivity index (χ2v) is 14.5. The first-order valence-electron chi connectivity index (χ1n) is 17.8. The molecule has 0 radical (unpaired) electrons. The highest BCUT2D eigenvalue weighted by Crippen LogP contribution is 2.46. The van der Waals surface area contributed by atoms with Crippen LogP contribution in [0.2, 0.25) is 0 Å². The van der Waals surface area contributed by atoms with Crippen LogP contribution in [0, 0.1) is 5.92 Å². The molecule has 50 heavy (non-hydrogen) atoms. The highest BCUT2D eigenvalue weighted by Gasteiger charge is 2.50. The number of carbonyl (C=O) groups is 3. The Bertz CT molecular complexity index is 1620. The van der Waals surface area contributed by atoms with E-state index in [1.165, 1.54) is 0 Å². The van der Waals surface area contributed by atoms with E-state index in [0.717, 1.165) is 79.2 Å². The lowest BCUT2D eigenvalue weighted by atomic mass is 9.85. The highest BCUT2D eigenvalue weighted by molar-refractivity contribution is 6.46. The lowest BCUT2D eigenvalue weighted by molar-refractivity contribution is -0.137. The summed E-state index contributed by atoms with van der Waals surface area (Å²) in [5, 5.41) is 12.3. The molecule has 0 saturated heterocycles. The van der Waals surface area contributed by atoms with Crippen LogP contribution >= 0.6 is 23.2 Å². The van der Waals surface area contributed by atoms with Crippen LogP contribution in [0.4, 0.5) is 0 Å². The summed E-state index contributed by atoms with van der Waals surface area (Å²) in [6.45, 7) is 8.38. The lowest BCUT2D eigenvalue weighted by Crippen LogP contribution is -2.50.